The van der Waals surface area contributed by atoms with Gasteiger partial charge in [0.2, 0.25) is 5.91 Å². The van der Waals surface area contributed by atoms with Crippen LogP contribution in [0.5, 0.6) is 0 Å². The van der Waals surface area contributed by atoms with Crippen LogP contribution in [0.4, 0.5) is 0 Å². The summed E-state index contributed by atoms with van der Waals surface area (Å²) in [5.41, 5.74) is 2.80. The Kier molecular flexibility index (Phi) is 5.51. The third-order valence-corrected chi connectivity index (χ3v) is 5.31. The first kappa shape index (κ1) is 17.3. The Hall–Kier alpha value is -1.06. The van der Waals surface area contributed by atoms with Gasteiger partial charge in [0.05, 0.1) is 6.04 Å². The molecule has 0 bridgehead atoms. The van der Waals surface area contributed by atoms with Crippen LogP contribution in [-0.4, -0.2) is 19.0 Å². The first-order valence-corrected chi connectivity index (χ1v) is 8.22. The number of halogens is 1. The quantitative estimate of drug-likeness (QED) is 0.892. The molecule has 2 N–H and O–H groups in total. The Morgan fingerprint density at radius 1 is 1.32 bits per heavy atom. The largest absolute Gasteiger partial charge is 0.349 e. The van der Waals surface area contributed by atoms with Crippen LogP contribution in [-0.2, 0) is 4.79 Å². The van der Waals surface area contributed by atoms with E-state index in [-0.39, 0.29) is 30.3 Å². The van der Waals surface area contributed by atoms with Crippen molar-refractivity contribution in [2.45, 2.75) is 45.6 Å². The molecule has 3 rings (SSSR count). The standard InChI is InChI=1S/C18H26N2O.ClH/c1-3-16(14-6-4-13(2)5-7-14)20-17(21)15-12-18(15)8-10-19-11-9-18;/h4-7,15-16,19H,3,8-12H2,1-2H3,(H,20,21);1H. The van der Waals surface area contributed by atoms with Crippen molar-refractivity contribution in [3.63, 3.8) is 0 Å². The minimum atomic E-state index is 0. The number of piperidine rings is 1. The maximum Gasteiger partial charge on any atom is 0.224 e. The van der Waals surface area contributed by atoms with Gasteiger partial charge in [0.15, 0.2) is 0 Å². The van der Waals surface area contributed by atoms with Gasteiger partial charge in [-0.2, -0.15) is 0 Å². The molecular weight excluding hydrogens is 296 g/mol. The highest BCUT2D eigenvalue weighted by Gasteiger charge is 2.57. The number of carbonyl (C=O) groups excluding carboxylic acids is 1. The maximum absolute atomic E-state index is 12.6. The summed E-state index contributed by atoms with van der Waals surface area (Å²) >= 11 is 0. The van der Waals surface area contributed by atoms with Crippen molar-refractivity contribution in [1.82, 2.24) is 10.6 Å². The highest BCUT2D eigenvalue weighted by atomic mass is 35.5. The van der Waals surface area contributed by atoms with Gasteiger partial charge in [-0.25, -0.2) is 0 Å². The van der Waals surface area contributed by atoms with E-state index in [2.05, 4.69) is 48.7 Å². The maximum atomic E-state index is 12.6. The van der Waals surface area contributed by atoms with E-state index in [0.29, 0.717) is 5.41 Å². The summed E-state index contributed by atoms with van der Waals surface area (Å²) in [5, 5.41) is 6.67. The van der Waals surface area contributed by atoms with E-state index in [1.165, 1.54) is 11.1 Å². The van der Waals surface area contributed by atoms with E-state index in [4.69, 9.17) is 0 Å². The van der Waals surface area contributed by atoms with Gasteiger partial charge >= 0.3 is 0 Å². The molecule has 4 heteroatoms. The normalized spacial score (nSPS) is 23.5. The molecule has 22 heavy (non-hydrogen) atoms. The van der Waals surface area contributed by atoms with Crippen LogP contribution >= 0.6 is 12.4 Å². The van der Waals surface area contributed by atoms with Crippen molar-refractivity contribution >= 4 is 18.3 Å². The zero-order valence-corrected chi connectivity index (χ0v) is 14.3. The summed E-state index contributed by atoms with van der Waals surface area (Å²) in [4.78, 5) is 12.6. The first-order chi connectivity index (χ1) is 10.1. The summed E-state index contributed by atoms with van der Waals surface area (Å²) in [6.07, 6.45) is 4.35. The number of aryl methyl sites for hydroxylation is 1. The molecule has 1 aromatic rings. The molecule has 122 valence electrons. The zero-order valence-electron chi connectivity index (χ0n) is 13.5. The van der Waals surface area contributed by atoms with Crippen LogP contribution in [0, 0.1) is 18.3 Å². The number of carbonyl (C=O) groups is 1. The third-order valence-electron chi connectivity index (χ3n) is 5.31. The molecule has 2 unspecified atom stereocenters. The fourth-order valence-electron chi connectivity index (χ4n) is 3.69. The minimum absolute atomic E-state index is 0. The molecule has 1 amide bonds. The van der Waals surface area contributed by atoms with Gasteiger partial charge in [-0.05, 0) is 56.7 Å². The monoisotopic (exact) mass is 322 g/mol. The minimum Gasteiger partial charge on any atom is -0.349 e. The smallest absolute Gasteiger partial charge is 0.224 e. The molecule has 1 saturated heterocycles. The summed E-state index contributed by atoms with van der Waals surface area (Å²) in [7, 11) is 0. The molecule has 2 aliphatic rings. The predicted molar refractivity (Wildman–Crippen MR) is 92.2 cm³/mol. The van der Waals surface area contributed by atoms with Crippen LogP contribution in [0.2, 0.25) is 0 Å². The van der Waals surface area contributed by atoms with Crippen LogP contribution in [0.15, 0.2) is 24.3 Å². The van der Waals surface area contributed by atoms with E-state index in [1.54, 1.807) is 0 Å². The van der Waals surface area contributed by atoms with Crippen molar-refractivity contribution in [2.24, 2.45) is 11.3 Å². The van der Waals surface area contributed by atoms with Crippen molar-refractivity contribution in [2.75, 3.05) is 13.1 Å². The Bertz CT molecular complexity index is 508. The highest BCUT2D eigenvalue weighted by Crippen LogP contribution is 2.58. The molecule has 1 saturated carbocycles. The molecule has 2 atom stereocenters. The first-order valence-electron chi connectivity index (χ1n) is 8.22. The highest BCUT2D eigenvalue weighted by molar-refractivity contribution is 5.85. The summed E-state index contributed by atoms with van der Waals surface area (Å²) in [6, 6.07) is 8.66. The lowest BCUT2D eigenvalue weighted by atomic mass is 9.91. The zero-order chi connectivity index (χ0) is 14.9. The second-order valence-corrected chi connectivity index (χ2v) is 6.75. The lowest BCUT2D eigenvalue weighted by Gasteiger charge is -2.24. The van der Waals surface area contributed by atoms with Crippen LogP contribution < -0.4 is 10.6 Å². The molecule has 3 nitrogen and oxygen atoms in total. The second-order valence-electron chi connectivity index (χ2n) is 6.75. The second kappa shape index (κ2) is 7.01. The Balaban J connectivity index is 0.00000176. The van der Waals surface area contributed by atoms with Crippen molar-refractivity contribution < 1.29 is 4.79 Å². The average molecular weight is 323 g/mol. The van der Waals surface area contributed by atoms with Gasteiger partial charge in [-0.15, -0.1) is 12.4 Å². The number of amides is 1. The number of nitrogens with one attached hydrogen (secondary N) is 2. The number of benzene rings is 1. The van der Waals surface area contributed by atoms with Gasteiger partial charge in [-0.3, -0.25) is 4.79 Å². The SMILES string of the molecule is CCC(NC(=O)C1CC12CCNCC2)c1ccc(C)cc1.Cl. The number of hydrogen-bond donors (Lipinski definition) is 2. The van der Waals surface area contributed by atoms with Crippen molar-refractivity contribution in [3.8, 4) is 0 Å². The lowest BCUT2D eigenvalue weighted by Crippen LogP contribution is -2.35. The molecule has 1 aliphatic carbocycles. The summed E-state index contributed by atoms with van der Waals surface area (Å²) in [6.45, 7) is 6.37. The average Bonchev–Trinajstić information content (AvgIpc) is 3.20. The van der Waals surface area contributed by atoms with Crippen molar-refractivity contribution in [1.29, 1.82) is 0 Å². The topological polar surface area (TPSA) is 41.1 Å². The molecular formula is C18H27ClN2O. The van der Waals surface area contributed by atoms with Gasteiger partial charge in [0.25, 0.3) is 0 Å². The Labute approximate surface area is 139 Å². The van der Waals surface area contributed by atoms with E-state index >= 15 is 0 Å². The van der Waals surface area contributed by atoms with E-state index in [1.807, 2.05) is 0 Å². The van der Waals surface area contributed by atoms with Gasteiger partial charge in [0.1, 0.15) is 0 Å². The summed E-state index contributed by atoms with van der Waals surface area (Å²) < 4.78 is 0. The van der Waals surface area contributed by atoms with Crippen LogP contribution in [0.25, 0.3) is 0 Å². The molecule has 2 fully saturated rings. The van der Waals surface area contributed by atoms with Gasteiger partial charge in [-0.1, -0.05) is 36.8 Å². The third kappa shape index (κ3) is 3.47. The van der Waals surface area contributed by atoms with Crippen LogP contribution in [0.3, 0.4) is 0 Å². The molecule has 1 heterocycles. The van der Waals surface area contributed by atoms with Gasteiger partial charge < -0.3 is 10.6 Å². The molecule has 1 aromatic carbocycles. The number of rotatable bonds is 4. The predicted octanol–water partition coefficient (Wildman–Crippen LogP) is 3.37. The molecule has 1 spiro atoms. The Morgan fingerprint density at radius 2 is 1.95 bits per heavy atom. The number of hydrogen-bond acceptors (Lipinski definition) is 2. The fourth-order valence-corrected chi connectivity index (χ4v) is 3.69. The van der Waals surface area contributed by atoms with Crippen LogP contribution in [0.1, 0.15) is 49.8 Å². The van der Waals surface area contributed by atoms with Gasteiger partial charge in [0, 0.05) is 5.92 Å². The summed E-state index contributed by atoms with van der Waals surface area (Å²) in [5.74, 6) is 0.517. The molecule has 0 radical (unpaired) electrons. The molecule has 0 aromatic heterocycles. The van der Waals surface area contributed by atoms with E-state index in [0.717, 1.165) is 38.8 Å². The van der Waals surface area contributed by atoms with E-state index < -0.39 is 0 Å². The van der Waals surface area contributed by atoms with Crippen molar-refractivity contribution in [3.05, 3.63) is 35.4 Å². The van der Waals surface area contributed by atoms with E-state index in [9.17, 15) is 4.79 Å². The lowest BCUT2D eigenvalue weighted by molar-refractivity contribution is -0.124. The molecule has 1 aliphatic heterocycles. The fraction of sp³-hybridized carbons (Fsp3) is 0.611. The Morgan fingerprint density at radius 3 is 2.55 bits per heavy atom.